The molecule has 72 valence electrons. The Bertz CT molecular complexity index is 250. The standard InChI is InChI=1S/C11H18N2/c1-3-5-6-7-9-13-10-8-11(4-2)12-13/h4,8,10H,2-3,5-7,9H2,1H3. The van der Waals surface area contributed by atoms with E-state index in [1.807, 2.05) is 16.9 Å². The van der Waals surface area contributed by atoms with Crippen LogP contribution in [0.3, 0.4) is 0 Å². The summed E-state index contributed by atoms with van der Waals surface area (Å²) in [7, 11) is 0. The van der Waals surface area contributed by atoms with E-state index >= 15 is 0 Å². The molecule has 0 unspecified atom stereocenters. The smallest absolute Gasteiger partial charge is 0.0845 e. The summed E-state index contributed by atoms with van der Waals surface area (Å²) in [4.78, 5) is 0. The highest BCUT2D eigenvalue weighted by atomic mass is 15.3. The minimum absolute atomic E-state index is 0.968. The van der Waals surface area contributed by atoms with Gasteiger partial charge in [-0.05, 0) is 18.6 Å². The van der Waals surface area contributed by atoms with E-state index in [0.717, 1.165) is 12.2 Å². The molecule has 0 fully saturated rings. The summed E-state index contributed by atoms with van der Waals surface area (Å²) in [5.41, 5.74) is 0.968. The molecule has 0 bridgehead atoms. The van der Waals surface area contributed by atoms with Crippen LogP contribution >= 0.6 is 0 Å². The Hall–Kier alpha value is -1.05. The van der Waals surface area contributed by atoms with Gasteiger partial charge in [-0.1, -0.05) is 32.8 Å². The number of aryl methyl sites for hydroxylation is 1. The predicted octanol–water partition coefficient (Wildman–Crippen LogP) is 3.11. The van der Waals surface area contributed by atoms with Crippen molar-refractivity contribution in [3.05, 3.63) is 24.5 Å². The van der Waals surface area contributed by atoms with E-state index in [0.29, 0.717) is 0 Å². The first-order valence-electron chi connectivity index (χ1n) is 5.02. The summed E-state index contributed by atoms with van der Waals surface area (Å²) < 4.78 is 1.99. The third-order valence-corrected chi connectivity index (χ3v) is 2.11. The number of aromatic nitrogens is 2. The van der Waals surface area contributed by atoms with Crippen LogP contribution in [0, 0.1) is 0 Å². The van der Waals surface area contributed by atoms with Gasteiger partial charge in [0.05, 0.1) is 5.69 Å². The second-order valence-corrected chi connectivity index (χ2v) is 3.27. The fourth-order valence-corrected chi connectivity index (χ4v) is 1.31. The van der Waals surface area contributed by atoms with Crippen molar-refractivity contribution >= 4 is 6.08 Å². The van der Waals surface area contributed by atoms with Crippen molar-refractivity contribution in [2.24, 2.45) is 0 Å². The highest BCUT2D eigenvalue weighted by molar-refractivity contribution is 5.39. The van der Waals surface area contributed by atoms with E-state index in [1.165, 1.54) is 25.7 Å². The van der Waals surface area contributed by atoms with Gasteiger partial charge in [-0.25, -0.2) is 0 Å². The van der Waals surface area contributed by atoms with Crippen molar-refractivity contribution in [1.29, 1.82) is 0 Å². The second-order valence-electron chi connectivity index (χ2n) is 3.27. The molecule has 2 nitrogen and oxygen atoms in total. The summed E-state index contributed by atoms with van der Waals surface area (Å²) in [6, 6.07) is 1.99. The lowest BCUT2D eigenvalue weighted by Gasteiger charge is -1.99. The van der Waals surface area contributed by atoms with E-state index < -0.39 is 0 Å². The Morgan fingerprint density at radius 3 is 2.92 bits per heavy atom. The molecule has 0 aromatic carbocycles. The van der Waals surface area contributed by atoms with Crippen LogP contribution in [0.4, 0.5) is 0 Å². The predicted molar refractivity (Wildman–Crippen MR) is 56.5 cm³/mol. The molecule has 13 heavy (non-hydrogen) atoms. The number of nitrogens with zero attached hydrogens (tertiary/aromatic N) is 2. The summed E-state index contributed by atoms with van der Waals surface area (Å²) in [6.45, 7) is 6.94. The first kappa shape index (κ1) is 10.0. The molecule has 1 aromatic rings. The van der Waals surface area contributed by atoms with Gasteiger partial charge in [-0.3, -0.25) is 4.68 Å². The van der Waals surface area contributed by atoms with E-state index in [-0.39, 0.29) is 0 Å². The molecule has 0 saturated carbocycles. The molecule has 0 aliphatic carbocycles. The van der Waals surface area contributed by atoms with Crippen molar-refractivity contribution in [3.63, 3.8) is 0 Å². The summed E-state index contributed by atoms with van der Waals surface area (Å²) >= 11 is 0. The quantitative estimate of drug-likeness (QED) is 0.612. The van der Waals surface area contributed by atoms with Crippen LogP contribution in [0.2, 0.25) is 0 Å². The van der Waals surface area contributed by atoms with Crippen molar-refractivity contribution in [3.8, 4) is 0 Å². The molecule has 0 aliphatic rings. The maximum absolute atomic E-state index is 4.32. The zero-order chi connectivity index (χ0) is 9.52. The van der Waals surface area contributed by atoms with Crippen LogP contribution in [0.5, 0.6) is 0 Å². The molecule has 1 aromatic heterocycles. The molecule has 0 N–H and O–H groups in total. The normalized spacial score (nSPS) is 10.2. The van der Waals surface area contributed by atoms with E-state index in [9.17, 15) is 0 Å². The van der Waals surface area contributed by atoms with Gasteiger partial charge in [0.1, 0.15) is 0 Å². The van der Waals surface area contributed by atoms with Crippen molar-refractivity contribution < 1.29 is 0 Å². The van der Waals surface area contributed by atoms with E-state index in [4.69, 9.17) is 0 Å². The highest BCUT2D eigenvalue weighted by Gasteiger charge is 1.94. The van der Waals surface area contributed by atoms with Crippen LogP contribution in [-0.2, 0) is 6.54 Å². The van der Waals surface area contributed by atoms with Gasteiger partial charge in [0.2, 0.25) is 0 Å². The van der Waals surface area contributed by atoms with Crippen LogP contribution in [0.25, 0.3) is 6.08 Å². The second kappa shape index (κ2) is 5.57. The lowest BCUT2D eigenvalue weighted by atomic mass is 10.2. The molecule has 1 heterocycles. The lowest BCUT2D eigenvalue weighted by molar-refractivity contribution is 0.540. The topological polar surface area (TPSA) is 17.8 Å². The number of hydrogen-bond donors (Lipinski definition) is 0. The molecule has 0 aliphatic heterocycles. The largest absolute Gasteiger partial charge is 0.272 e. The SMILES string of the molecule is C=Cc1ccn(CCCCCC)n1. The average Bonchev–Trinajstić information content (AvgIpc) is 2.60. The number of rotatable bonds is 6. The monoisotopic (exact) mass is 178 g/mol. The zero-order valence-electron chi connectivity index (χ0n) is 8.37. The Balaban J connectivity index is 2.24. The molecule has 2 heteroatoms. The Morgan fingerprint density at radius 1 is 1.46 bits per heavy atom. The minimum atomic E-state index is 0.968. The molecule has 1 rings (SSSR count). The lowest BCUT2D eigenvalue weighted by Crippen LogP contribution is -1.98. The van der Waals surface area contributed by atoms with Crippen LogP contribution < -0.4 is 0 Å². The van der Waals surface area contributed by atoms with Gasteiger partial charge in [0.25, 0.3) is 0 Å². The highest BCUT2D eigenvalue weighted by Crippen LogP contribution is 2.02. The average molecular weight is 178 g/mol. The van der Waals surface area contributed by atoms with Gasteiger partial charge in [0, 0.05) is 12.7 Å². The third kappa shape index (κ3) is 3.45. The zero-order valence-corrected chi connectivity index (χ0v) is 8.37. The first-order chi connectivity index (χ1) is 6.36. The van der Waals surface area contributed by atoms with Crippen LogP contribution in [0.15, 0.2) is 18.8 Å². The number of unbranched alkanes of at least 4 members (excludes halogenated alkanes) is 3. The maximum atomic E-state index is 4.32. The van der Waals surface area contributed by atoms with Gasteiger partial charge in [-0.2, -0.15) is 5.10 Å². The Morgan fingerprint density at radius 2 is 2.31 bits per heavy atom. The molecule has 0 radical (unpaired) electrons. The van der Waals surface area contributed by atoms with E-state index in [1.54, 1.807) is 6.08 Å². The molecular formula is C11H18N2. The maximum Gasteiger partial charge on any atom is 0.0845 e. The number of hydrogen-bond acceptors (Lipinski definition) is 1. The molecule has 0 amide bonds. The Kier molecular flexibility index (Phi) is 4.30. The van der Waals surface area contributed by atoms with Crippen molar-refractivity contribution in [2.45, 2.75) is 39.2 Å². The minimum Gasteiger partial charge on any atom is -0.272 e. The van der Waals surface area contributed by atoms with Gasteiger partial charge >= 0.3 is 0 Å². The van der Waals surface area contributed by atoms with Gasteiger partial charge in [0.15, 0.2) is 0 Å². The van der Waals surface area contributed by atoms with Crippen LogP contribution in [-0.4, -0.2) is 9.78 Å². The van der Waals surface area contributed by atoms with Gasteiger partial charge < -0.3 is 0 Å². The molecule has 0 saturated heterocycles. The first-order valence-corrected chi connectivity index (χ1v) is 5.02. The summed E-state index contributed by atoms with van der Waals surface area (Å²) in [5, 5.41) is 4.32. The van der Waals surface area contributed by atoms with Gasteiger partial charge in [-0.15, -0.1) is 0 Å². The van der Waals surface area contributed by atoms with E-state index in [2.05, 4.69) is 18.6 Å². The fraction of sp³-hybridized carbons (Fsp3) is 0.545. The molecule has 0 atom stereocenters. The molecular weight excluding hydrogens is 160 g/mol. The molecule has 0 spiro atoms. The fourth-order valence-electron chi connectivity index (χ4n) is 1.31. The van der Waals surface area contributed by atoms with Crippen LogP contribution in [0.1, 0.15) is 38.3 Å². The summed E-state index contributed by atoms with van der Waals surface area (Å²) in [6.07, 6.45) is 8.95. The van der Waals surface area contributed by atoms with Crippen molar-refractivity contribution in [2.75, 3.05) is 0 Å². The third-order valence-electron chi connectivity index (χ3n) is 2.11. The van der Waals surface area contributed by atoms with Crippen molar-refractivity contribution in [1.82, 2.24) is 9.78 Å². The summed E-state index contributed by atoms with van der Waals surface area (Å²) in [5.74, 6) is 0. The Labute approximate surface area is 80.3 Å².